The van der Waals surface area contributed by atoms with Crippen LogP contribution in [0.15, 0.2) is 34.9 Å². The van der Waals surface area contributed by atoms with E-state index in [1.807, 2.05) is 19.1 Å². The highest BCUT2D eigenvalue weighted by Crippen LogP contribution is 2.26. The number of nitrogens with zero attached hydrogens (tertiary/aromatic N) is 1. The molecule has 0 fully saturated rings. The maximum atomic E-state index is 12.2. The lowest BCUT2D eigenvalue weighted by Crippen LogP contribution is -2.33. The molecule has 1 N–H and O–H groups in total. The molecule has 0 spiro atoms. The summed E-state index contributed by atoms with van der Waals surface area (Å²) in [5.41, 5.74) is 2.61. The number of amides is 1. The summed E-state index contributed by atoms with van der Waals surface area (Å²) < 4.78 is 5.35. The Labute approximate surface area is 144 Å². The van der Waals surface area contributed by atoms with E-state index in [0.717, 1.165) is 12.0 Å². The van der Waals surface area contributed by atoms with Crippen LogP contribution in [0.1, 0.15) is 64.0 Å². The van der Waals surface area contributed by atoms with Crippen molar-refractivity contribution in [3.05, 3.63) is 41.6 Å². The Morgan fingerprint density at radius 2 is 1.79 bits per heavy atom. The van der Waals surface area contributed by atoms with Crippen molar-refractivity contribution in [1.82, 2.24) is 10.5 Å². The highest BCUT2D eigenvalue weighted by molar-refractivity contribution is 5.93. The van der Waals surface area contributed by atoms with E-state index in [4.69, 9.17) is 4.52 Å². The SMILES string of the molecule is CC(C)CC(C)NC(=O)c1cc(-c2ccc(C(C)(C)C)cc2)on1. The quantitative estimate of drug-likeness (QED) is 0.857. The number of benzene rings is 1. The van der Waals surface area contributed by atoms with Gasteiger partial charge in [0, 0.05) is 17.7 Å². The topological polar surface area (TPSA) is 55.1 Å². The largest absolute Gasteiger partial charge is 0.355 e. The first-order chi connectivity index (χ1) is 11.2. The molecule has 0 aliphatic rings. The van der Waals surface area contributed by atoms with Crippen LogP contribution in [0.5, 0.6) is 0 Å². The molecule has 4 heteroatoms. The standard InChI is InChI=1S/C20H28N2O2/c1-13(2)11-14(3)21-19(23)17-12-18(24-22-17)15-7-9-16(10-8-15)20(4,5)6/h7-10,12-14H,11H2,1-6H3,(H,21,23). The van der Waals surface area contributed by atoms with Gasteiger partial charge in [0.15, 0.2) is 11.5 Å². The lowest BCUT2D eigenvalue weighted by Gasteiger charge is -2.18. The van der Waals surface area contributed by atoms with Gasteiger partial charge in [-0.15, -0.1) is 0 Å². The maximum absolute atomic E-state index is 12.2. The average molecular weight is 328 g/mol. The second-order valence-corrected chi connectivity index (χ2v) is 7.91. The molecule has 130 valence electrons. The third-order valence-corrected chi connectivity index (χ3v) is 3.98. The number of aromatic nitrogens is 1. The fraction of sp³-hybridized carbons (Fsp3) is 0.500. The minimum absolute atomic E-state index is 0.109. The monoisotopic (exact) mass is 328 g/mol. The molecule has 1 amide bonds. The zero-order chi connectivity index (χ0) is 17.9. The van der Waals surface area contributed by atoms with Gasteiger partial charge in [0.05, 0.1) is 0 Å². The molecule has 2 aromatic rings. The van der Waals surface area contributed by atoms with Crippen LogP contribution in [-0.2, 0) is 5.41 Å². The Bertz CT molecular complexity index is 678. The molecular formula is C20H28N2O2. The number of carbonyl (C=O) groups excluding carboxylic acids is 1. The van der Waals surface area contributed by atoms with Gasteiger partial charge in [0.1, 0.15) is 0 Å². The molecule has 24 heavy (non-hydrogen) atoms. The summed E-state index contributed by atoms with van der Waals surface area (Å²) in [5.74, 6) is 0.955. The average Bonchev–Trinajstić information content (AvgIpc) is 2.95. The molecule has 0 bridgehead atoms. The van der Waals surface area contributed by atoms with E-state index >= 15 is 0 Å². The van der Waals surface area contributed by atoms with Crippen molar-refractivity contribution in [2.24, 2.45) is 5.92 Å². The van der Waals surface area contributed by atoms with Crippen LogP contribution in [0.3, 0.4) is 0 Å². The van der Waals surface area contributed by atoms with Crippen LogP contribution in [0.25, 0.3) is 11.3 Å². The second-order valence-electron chi connectivity index (χ2n) is 7.91. The normalized spacial score (nSPS) is 13.1. The fourth-order valence-corrected chi connectivity index (χ4v) is 2.72. The number of hydrogen-bond donors (Lipinski definition) is 1. The van der Waals surface area contributed by atoms with Crippen LogP contribution >= 0.6 is 0 Å². The Hall–Kier alpha value is -2.10. The molecule has 4 nitrogen and oxygen atoms in total. The summed E-state index contributed by atoms with van der Waals surface area (Å²) in [6.45, 7) is 12.8. The molecule has 1 heterocycles. The van der Waals surface area contributed by atoms with Crippen LogP contribution in [0.4, 0.5) is 0 Å². The fourth-order valence-electron chi connectivity index (χ4n) is 2.72. The van der Waals surface area contributed by atoms with Gasteiger partial charge in [-0.2, -0.15) is 0 Å². The van der Waals surface area contributed by atoms with Crippen molar-refractivity contribution in [1.29, 1.82) is 0 Å². The number of nitrogens with one attached hydrogen (secondary N) is 1. The van der Waals surface area contributed by atoms with Crippen molar-refractivity contribution in [2.75, 3.05) is 0 Å². The Balaban J connectivity index is 2.09. The molecule has 0 saturated heterocycles. The second kappa shape index (κ2) is 7.20. The van der Waals surface area contributed by atoms with Gasteiger partial charge in [0.25, 0.3) is 5.91 Å². The van der Waals surface area contributed by atoms with Gasteiger partial charge in [-0.1, -0.05) is 64.0 Å². The molecule has 1 atom stereocenters. The van der Waals surface area contributed by atoms with E-state index in [-0.39, 0.29) is 17.4 Å². The van der Waals surface area contributed by atoms with Crippen molar-refractivity contribution < 1.29 is 9.32 Å². The summed E-state index contributed by atoms with van der Waals surface area (Å²) in [6.07, 6.45) is 0.935. The van der Waals surface area contributed by atoms with Gasteiger partial charge in [-0.3, -0.25) is 4.79 Å². The van der Waals surface area contributed by atoms with E-state index < -0.39 is 0 Å². The summed E-state index contributed by atoms with van der Waals surface area (Å²) in [6, 6.07) is 9.99. The van der Waals surface area contributed by atoms with Crippen LogP contribution in [0.2, 0.25) is 0 Å². The Morgan fingerprint density at radius 1 is 1.17 bits per heavy atom. The predicted octanol–water partition coefficient (Wildman–Crippen LogP) is 4.80. The Kier molecular flexibility index (Phi) is 5.47. The molecule has 0 aliphatic carbocycles. The summed E-state index contributed by atoms with van der Waals surface area (Å²) in [7, 11) is 0. The first-order valence-corrected chi connectivity index (χ1v) is 8.55. The van der Waals surface area contributed by atoms with E-state index in [9.17, 15) is 4.79 Å². The van der Waals surface area contributed by atoms with Crippen molar-refractivity contribution in [3.63, 3.8) is 0 Å². The van der Waals surface area contributed by atoms with Crippen molar-refractivity contribution in [2.45, 2.75) is 59.4 Å². The molecule has 1 aromatic carbocycles. The van der Waals surface area contributed by atoms with Crippen LogP contribution < -0.4 is 5.32 Å². The summed E-state index contributed by atoms with van der Waals surface area (Å²) in [5, 5.41) is 6.87. The molecule has 0 aliphatic heterocycles. The first kappa shape index (κ1) is 18.2. The molecule has 1 aromatic heterocycles. The van der Waals surface area contributed by atoms with Crippen molar-refractivity contribution in [3.8, 4) is 11.3 Å². The highest BCUT2D eigenvalue weighted by atomic mass is 16.5. The van der Waals surface area contributed by atoms with Gasteiger partial charge in [-0.05, 0) is 30.2 Å². The van der Waals surface area contributed by atoms with Gasteiger partial charge < -0.3 is 9.84 Å². The van der Waals surface area contributed by atoms with Gasteiger partial charge in [-0.25, -0.2) is 0 Å². The van der Waals surface area contributed by atoms with E-state index in [2.05, 4.69) is 57.2 Å². The lowest BCUT2D eigenvalue weighted by molar-refractivity contribution is 0.0927. The zero-order valence-electron chi connectivity index (χ0n) is 15.5. The minimum Gasteiger partial charge on any atom is -0.355 e. The molecule has 1 unspecified atom stereocenters. The third kappa shape index (κ3) is 4.70. The first-order valence-electron chi connectivity index (χ1n) is 8.55. The molecule has 0 saturated carbocycles. The zero-order valence-corrected chi connectivity index (χ0v) is 15.5. The van der Waals surface area contributed by atoms with E-state index in [1.165, 1.54) is 5.56 Å². The van der Waals surface area contributed by atoms with Crippen LogP contribution in [-0.4, -0.2) is 17.1 Å². The smallest absolute Gasteiger partial charge is 0.273 e. The van der Waals surface area contributed by atoms with E-state index in [0.29, 0.717) is 17.4 Å². The summed E-state index contributed by atoms with van der Waals surface area (Å²) >= 11 is 0. The number of carbonyl (C=O) groups is 1. The van der Waals surface area contributed by atoms with Crippen LogP contribution in [0, 0.1) is 5.92 Å². The molecule has 2 rings (SSSR count). The predicted molar refractivity (Wildman–Crippen MR) is 97.0 cm³/mol. The third-order valence-electron chi connectivity index (χ3n) is 3.98. The lowest BCUT2D eigenvalue weighted by atomic mass is 9.86. The number of rotatable bonds is 5. The van der Waals surface area contributed by atoms with Gasteiger partial charge in [0.2, 0.25) is 0 Å². The number of hydrogen-bond acceptors (Lipinski definition) is 3. The minimum atomic E-state index is -0.190. The van der Waals surface area contributed by atoms with Gasteiger partial charge >= 0.3 is 0 Å². The van der Waals surface area contributed by atoms with E-state index in [1.54, 1.807) is 6.07 Å². The molecular weight excluding hydrogens is 300 g/mol. The Morgan fingerprint density at radius 3 is 2.33 bits per heavy atom. The van der Waals surface area contributed by atoms with Crippen molar-refractivity contribution >= 4 is 5.91 Å². The summed E-state index contributed by atoms with van der Waals surface area (Å²) in [4.78, 5) is 12.2. The highest BCUT2D eigenvalue weighted by Gasteiger charge is 2.17. The maximum Gasteiger partial charge on any atom is 0.273 e. The molecule has 0 radical (unpaired) electrons.